The molecule has 1 fully saturated rings. The number of benzene rings is 2. The van der Waals surface area contributed by atoms with Gasteiger partial charge in [-0.1, -0.05) is 24.3 Å². The van der Waals surface area contributed by atoms with Crippen LogP contribution < -0.4 is 10.0 Å². The van der Waals surface area contributed by atoms with Gasteiger partial charge in [0.25, 0.3) is 0 Å². The average molecular weight is 489 g/mol. The number of sulfonamides is 1. The third-order valence-corrected chi connectivity index (χ3v) is 7.29. The number of alkyl halides is 3. The van der Waals surface area contributed by atoms with Gasteiger partial charge in [0.05, 0.1) is 16.5 Å². The van der Waals surface area contributed by atoms with Crippen LogP contribution in [0.3, 0.4) is 0 Å². The molecule has 1 saturated heterocycles. The zero-order valence-electron chi connectivity index (χ0n) is 17.8. The van der Waals surface area contributed by atoms with Crippen LogP contribution >= 0.6 is 0 Å². The smallest absolute Gasteiger partial charge is 0.381 e. The number of carbonyl (C=O) groups excluding carboxylic acids is 1. The van der Waals surface area contributed by atoms with Crippen LogP contribution in [0.25, 0.3) is 0 Å². The molecule has 33 heavy (non-hydrogen) atoms. The molecule has 1 atom stereocenters. The van der Waals surface area contributed by atoms with Gasteiger partial charge in [0.1, 0.15) is 5.82 Å². The largest absolute Gasteiger partial charge is 0.417 e. The van der Waals surface area contributed by atoms with E-state index in [0.717, 1.165) is 12.1 Å². The SMILES string of the molecule is C[C@H](NS(=O)(=O)c1ccccc1C(F)(F)F)C(=O)NCC1(c2cccc(F)c2)CCOCC1. The van der Waals surface area contributed by atoms with E-state index in [1.807, 2.05) is 4.72 Å². The number of amides is 1. The summed E-state index contributed by atoms with van der Waals surface area (Å²) in [6, 6.07) is 8.41. The lowest BCUT2D eigenvalue weighted by molar-refractivity contribution is -0.139. The van der Waals surface area contributed by atoms with Crippen molar-refractivity contribution in [2.24, 2.45) is 0 Å². The molecule has 6 nitrogen and oxygen atoms in total. The molecular formula is C22H24F4N2O4S. The molecule has 3 rings (SSSR count). The van der Waals surface area contributed by atoms with E-state index in [4.69, 9.17) is 4.74 Å². The summed E-state index contributed by atoms with van der Waals surface area (Å²) in [5.74, 6) is -1.14. The molecule has 0 aliphatic carbocycles. The van der Waals surface area contributed by atoms with Gasteiger partial charge >= 0.3 is 6.18 Å². The van der Waals surface area contributed by atoms with Crippen LogP contribution in [-0.2, 0) is 31.1 Å². The first-order valence-electron chi connectivity index (χ1n) is 10.2. The second-order valence-corrected chi connectivity index (χ2v) is 9.64. The Morgan fingerprint density at radius 1 is 1.12 bits per heavy atom. The highest BCUT2D eigenvalue weighted by molar-refractivity contribution is 7.89. The van der Waals surface area contributed by atoms with Crippen molar-refractivity contribution in [1.82, 2.24) is 10.0 Å². The maximum atomic E-state index is 13.8. The predicted molar refractivity (Wildman–Crippen MR) is 112 cm³/mol. The number of nitrogens with one attached hydrogen (secondary N) is 2. The molecule has 1 heterocycles. The molecule has 11 heteroatoms. The van der Waals surface area contributed by atoms with Crippen LogP contribution in [0.4, 0.5) is 17.6 Å². The molecule has 0 aromatic heterocycles. The van der Waals surface area contributed by atoms with E-state index in [9.17, 15) is 30.8 Å². The van der Waals surface area contributed by atoms with Crippen LogP contribution in [0.2, 0.25) is 0 Å². The van der Waals surface area contributed by atoms with Crippen LogP contribution in [-0.4, -0.2) is 40.1 Å². The monoisotopic (exact) mass is 488 g/mol. The summed E-state index contributed by atoms with van der Waals surface area (Å²) >= 11 is 0. The molecule has 2 aromatic carbocycles. The lowest BCUT2D eigenvalue weighted by Gasteiger charge is -2.38. The van der Waals surface area contributed by atoms with Crippen molar-refractivity contribution < 1.29 is 35.5 Å². The Labute approximate surface area is 189 Å². The van der Waals surface area contributed by atoms with Gasteiger partial charge in [-0.2, -0.15) is 17.9 Å². The summed E-state index contributed by atoms with van der Waals surface area (Å²) in [5, 5.41) is 2.66. The van der Waals surface area contributed by atoms with Crippen molar-refractivity contribution in [1.29, 1.82) is 0 Å². The van der Waals surface area contributed by atoms with E-state index in [-0.39, 0.29) is 6.54 Å². The lowest BCUT2D eigenvalue weighted by atomic mass is 9.74. The summed E-state index contributed by atoms with van der Waals surface area (Å²) in [7, 11) is -4.63. The third kappa shape index (κ3) is 5.90. The van der Waals surface area contributed by atoms with Gasteiger partial charge in [-0.3, -0.25) is 4.79 Å². The standard InChI is InChI=1S/C22H24F4N2O4S/c1-15(28-33(30,31)19-8-3-2-7-18(19)22(24,25)26)20(29)27-14-21(9-11-32-12-10-21)16-5-4-6-17(23)13-16/h2-8,13,15,28H,9-12,14H2,1H3,(H,27,29)/t15-/m0/s1. The molecule has 1 amide bonds. The fraction of sp³-hybridized carbons (Fsp3) is 0.409. The number of hydrogen-bond acceptors (Lipinski definition) is 4. The van der Waals surface area contributed by atoms with Crippen LogP contribution in [0, 0.1) is 5.82 Å². The second-order valence-electron chi connectivity index (χ2n) is 7.96. The first kappa shape index (κ1) is 25.1. The van der Waals surface area contributed by atoms with Gasteiger partial charge in [0.15, 0.2) is 0 Å². The van der Waals surface area contributed by atoms with E-state index in [0.29, 0.717) is 37.7 Å². The molecule has 1 aliphatic heterocycles. The zero-order valence-corrected chi connectivity index (χ0v) is 18.6. The maximum absolute atomic E-state index is 13.8. The third-order valence-electron chi connectivity index (χ3n) is 5.70. The van der Waals surface area contributed by atoms with E-state index in [2.05, 4.69) is 5.32 Å². The minimum atomic E-state index is -4.88. The molecular weight excluding hydrogens is 464 g/mol. The Hall–Kier alpha value is -2.50. The van der Waals surface area contributed by atoms with Gasteiger partial charge in [-0.05, 0) is 49.6 Å². The molecule has 2 N–H and O–H groups in total. The van der Waals surface area contributed by atoms with Gasteiger partial charge in [-0.25, -0.2) is 12.8 Å². The van der Waals surface area contributed by atoms with E-state index in [1.165, 1.54) is 25.1 Å². The highest BCUT2D eigenvalue weighted by Crippen LogP contribution is 2.35. The molecule has 2 aromatic rings. The number of ether oxygens (including phenoxy) is 1. The van der Waals surface area contributed by atoms with E-state index >= 15 is 0 Å². The first-order valence-corrected chi connectivity index (χ1v) is 11.7. The van der Waals surface area contributed by atoms with E-state index in [1.54, 1.807) is 12.1 Å². The molecule has 0 spiro atoms. The van der Waals surface area contributed by atoms with Crippen molar-refractivity contribution in [2.45, 2.75) is 42.3 Å². The second kappa shape index (κ2) is 9.78. The predicted octanol–water partition coefficient (Wildman–Crippen LogP) is 3.38. The Morgan fingerprint density at radius 3 is 2.42 bits per heavy atom. The highest BCUT2D eigenvalue weighted by Gasteiger charge is 2.38. The Bertz CT molecular complexity index is 1100. The van der Waals surface area contributed by atoms with Gasteiger partial charge < -0.3 is 10.1 Å². The summed E-state index contributed by atoms with van der Waals surface area (Å²) in [5.41, 5.74) is -1.26. The van der Waals surface area contributed by atoms with Gasteiger partial charge in [0.2, 0.25) is 15.9 Å². The van der Waals surface area contributed by atoms with Crippen molar-refractivity contribution in [3.05, 3.63) is 65.5 Å². The Kier molecular flexibility index (Phi) is 7.45. The van der Waals surface area contributed by atoms with Crippen molar-refractivity contribution in [3.63, 3.8) is 0 Å². The van der Waals surface area contributed by atoms with E-state index < -0.39 is 49.8 Å². The van der Waals surface area contributed by atoms with Crippen LogP contribution in [0.1, 0.15) is 30.9 Å². The molecule has 1 aliphatic rings. The van der Waals surface area contributed by atoms with Crippen molar-refractivity contribution in [2.75, 3.05) is 19.8 Å². The van der Waals surface area contributed by atoms with Crippen LogP contribution in [0.15, 0.2) is 53.4 Å². The van der Waals surface area contributed by atoms with Crippen molar-refractivity contribution >= 4 is 15.9 Å². The fourth-order valence-electron chi connectivity index (χ4n) is 3.84. The van der Waals surface area contributed by atoms with Gasteiger partial charge in [-0.15, -0.1) is 0 Å². The molecule has 0 saturated carbocycles. The van der Waals surface area contributed by atoms with Crippen LogP contribution in [0.5, 0.6) is 0 Å². The van der Waals surface area contributed by atoms with Crippen molar-refractivity contribution in [3.8, 4) is 0 Å². The number of rotatable bonds is 7. The summed E-state index contributed by atoms with van der Waals surface area (Å²) in [4.78, 5) is 11.7. The topological polar surface area (TPSA) is 84.5 Å². The maximum Gasteiger partial charge on any atom is 0.417 e. The lowest BCUT2D eigenvalue weighted by Crippen LogP contribution is -2.50. The summed E-state index contributed by atoms with van der Waals surface area (Å²) in [6.45, 7) is 2.14. The summed E-state index contributed by atoms with van der Waals surface area (Å²) < 4.78 is 86.1. The van der Waals surface area contributed by atoms with Gasteiger partial charge in [0, 0.05) is 25.2 Å². The minimum absolute atomic E-state index is 0.0872. The fourth-order valence-corrected chi connectivity index (χ4v) is 5.27. The minimum Gasteiger partial charge on any atom is -0.381 e. The number of halogens is 4. The normalized spacial score (nSPS) is 17.4. The summed E-state index contributed by atoms with van der Waals surface area (Å²) in [6.07, 6.45) is -3.86. The molecule has 0 radical (unpaired) electrons. The number of carbonyl (C=O) groups is 1. The molecule has 0 bridgehead atoms. The quantitative estimate of drug-likeness (QED) is 0.586. The Balaban J connectivity index is 1.74. The molecule has 0 unspecified atom stereocenters. The first-order chi connectivity index (χ1) is 15.4. The average Bonchev–Trinajstić information content (AvgIpc) is 2.77. The molecule has 180 valence electrons. The zero-order chi connectivity index (χ0) is 24.3. The Morgan fingerprint density at radius 2 is 1.79 bits per heavy atom. The number of hydrogen-bond donors (Lipinski definition) is 2. The highest BCUT2D eigenvalue weighted by atomic mass is 32.2.